The van der Waals surface area contributed by atoms with Crippen LogP contribution in [0.4, 0.5) is 0 Å². The summed E-state index contributed by atoms with van der Waals surface area (Å²) < 4.78 is 11.1. The predicted molar refractivity (Wildman–Crippen MR) is 71.4 cm³/mol. The molecule has 0 saturated carbocycles. The molecule has 0 aromatic carbocycles. The van der Waals surface area contributed by atoms with Crippen LogP contribution in [0.3, 0.4) is 0 Å². The van der Waals surface area contributed by atoms with Crippen LogP contribution < -0.4 is 5.32 Å². The molecule has 2 heterocycles. The van der Waals surface area contributed by atoms with Gasteiger partial charge in [-0.2, -0.15) is 0 Å². The average molecular weight is 252 g/mol. The van der Waals surface area contributed by atoms with Crippen molar-refractivity contribution in [3.8, 4) is 0 Å². The molecule has 1 unspecified atom stereocenters. The molecule has 2 rings (SSSR count). The van der Waals surface area contributed by atoms with Crippen LogP contribution >= 0.6 is 0 Å². The average Bonchev–Trinajstić information content (AvgIpc) is 2.95. The van der Waals surface area contributed by atoms with E-state index in [2.05, 4.69) is 23.3 Å². The van der Waals surface area contributed by atoms with Crippen molar-refractivity contribution in [3.05, 3.63) is 23.7 Å². The number of rotatable bonds is 7. The van der Waals surface area contributed by atoms with Gasteiger partial charge in [-0.05, 0) is 46.0 Å². The molecule has 0 spiro atoms. The van der Waals surface area contributed by atoms with E-state index in [0.29, 0.717) is 12.6 Å². The third-order valence-electron chi connectivity index (χ3n) is 3.60. The highest BCUT2D eigenvalue weighted by atomic mass is 16.5. The van der Waals surface area contributed by atoms with E-state index >= 15 is 0 Å². The molecule has 1 aromatic rings. The van der Waals surface area contributed by atoms with Gasteiger partial charge in [0, 0.05) is 24.8 Å². The minimum atomic E-state index is 0.583. The van der Waals surface area contributed by atoms with Gasteiger partial charge in [0.2, 0.25) is 0 Å². The van der Waals surface area contributed by atoms with E-state index < -0.39 is 0 Å². The first kappa shape index (κ1) is 13.6. The van der Waals surface area contributed by atoms with Crippen molar-refractivity contribution < 1.29 is 9.15 Å². The van der Waals surface area contributed by atoms with Gasteiger partial charge < -0.3 is 19.4 Å². The Bertz CT molecular complexity index is 351. The lowest BCUT2D eigenvalue weighted by Gasteiger charge is -2.18. The topological polar surface area (TPSA) is 37.6 Å². The second-order valence-electron chi connectivity index (χ2n) is 5.07. The first-order chi connectivity index (χ1) is 8.79. The summed E-state index contributed by atoms with van der Waals surface area (Å²) in [6.45, 7) is 3.48. The quantitative estimate of drug-likeness (QED) is 0.753. The molecule has 1 aromatic heterocycles. The lowest BCUT2D eigenvalue weighted by molar-refractivity contribution is 0.0894. The molecule has 1 N–H and O–H groups in total. The number of ether oxygens (including phenoxy) is 1. The zero-order valence-corrected chi connectivity index (χ0v) is 11.4. The first-order valence-corrected chi connectivity index (χ1v) is 6.78. The second kappa shape index (κ2) is 6.92. The first-order valence-electron chi connectivity index (χ1n) is 6.78. The number of hydrogen-bond donors (Lipinski definition) is 1. The summed E-state index contributed by atoms with van der Waals surface area (Å²) in [5, 5.41) is 3.10. The van der Waals surface area contributed by atoms with Gasteiger partial charge in [0.05, 0.1) is 6.26 Å². The standard InChI is InChI=1S/C14H24N2O2/c1-15-9-12-8-14(18-10-12)11-17-7-5-13-4-3-6-16(13)2/h8,10,13,15H,3-7,9,11H2,1-2H3. The van der Waals surface area contributed by atoms with Crippen LogP contribution in [0.15, 0.2) is 16.7 Å². The minimum absolute atomic E-state index is 0.583. The molecule has 0 radical (unpaired) electrons. The fraction of sp³-hybridized carbons (Fsp3) is 0.714. The normalized spacial score (nSPS) is 20.7. The van der Waals surface area contributed by atoms with E-state index in [1.165, 1.54) is 24.9 Å². The molecular weight excluding hydrogens is 228 g/mol. The van der Waals surface area contributed by atoms with Crippen molar-refractivity contribution in [2.75, 3.05) is 27.2 Å². The van der Waals surface area contributed by atoms with E-state index in [1.54, 1.807) is 6.26 Å². The molecule has 1 aliphatic heterocycles. The number of furan rings is 1. The van der Waals surface area contributed by atoms with E-state index in [1.807, 2.05) is 7.05 Å². The number of hydrogen-bond acceptors (Lipinski definition) is 4. The monoisotopic (exact) mass is 252 g/mol. The van der Waals surface area contributed by atoms with E-state index in [4.69, 9.17) is 9.15 Å². The lowest BCUT2D eigenvalue weighted by Crippen LogP contribution is -2.26. The van der Waals surface area contributed by atoms with Crippen LogP contribution in [-0.4, -0.2) is 38.2 Å². The molecule has 0 aliphatic carbocycles. The lowest BCUT2D eigenvalue weighted by atomic mass is 10.1. The summed E-state index contributed by atoms with van der Waals surface area (Å²) in [6, 6.07) is 2.76. The molecule has 1 atom stereocenters. The van der Waals surface area contributed by atoms with E-state index in [0.717, 1.165) is 25.3 Å². The Balaban J connectivity index is 1.62. The van der Waals surface area contributed by atoms with Crippen molar-refractivity contribution in [2.45, 2.75) is 38.5 Å². The Morgan fingerprint density at radius 3 is 3.17 bits per heavy atom. The number of nitrogens with one attached hydrogen (secondary N) is 1. The zero-order chi connectivity index (χ0) is 12.8. The fourth-order valence-electron chi connectivity index (χ4n) is 2.53. The molecule has 1 fully saturated rings. The van der Waals surface area contributed by atoms with Crippen LogP contribution in [0.5, 0.6) is 0 Å². The summed E-state index contributed by atoms with van der Waals surface area (Å²) in [7, 11) is 4.13. The molecule has 0 amide bonds. The molecular formula is C14H24N2O2. The Morgan fingerprint density at radius 2 is 2.44 bits per heavy atom. The molecule has 102 valence electrons. The Hall–Kier alpha value is -0.840. The minimum Gasteiger partial charge on any atom is -0.467 e. The highest BCUT2D eigenvalue weighted by molar-refractivity contribution is 5.11. The second-order valence-corrected chi connectivity index (χ2v) is 5.07. The van der Waals surface area contributed by atoms with Crippen LogP contribution in [0.25, 0.3) is 0 Å². The Morgan fingerprint density at radius 1 is 1.56 bits per heavy atom. The highest BCUT2D eigenvalue weighted by Gasteiger charge is 2.20. The van der Waals surface area contributed by atoms with Gasteiger partial charge >= 0.3 is 0 Å². The smallest absolute Gasteiger partial charge is 0.129 e. The van der Waals surface area contributed by atoms with Crippen LogP contribution in [0, 0.1) is 0 Å². The molecule has 1 aliphatic rings. The Kier molecular flexibility index (Phi) is 5.23. The van der Waals surface area contributed by atoms with Crippen molar-refractivity contribution in [2.24, 2.45) is 0 Å². The third kappa shape index (κ3) is 3.83. The molecule has 1 saturated heterocycles. The van der Waals surface area contributed by atoms with Crippen molar-refractivity contribution >= 4 is 0 Å². The molecule has 4 heteroatoms. The van der Waals surface area contributed by atoms with Gasteiger partial charge in [0.1, 0.15) is 12.4 Å². The maximum Gasteiger partial charge on any atom is 0.129 e. The Labute approximate surface area is 109 Å². The van der Waals surface area contributed by atoms with Crippen molar-refractivity contribution in [1.82, 2.24) is 10.2 Å². The maximum absolute atomic E-state index is 5.68. The summed E-state index contributed by atoms with van der Waals surface area (Å²) in [4.78, 5) is 2.43. The number of nitrogens with zero attached hydrogens (tertiary/aromatic N) is 1. The summed E-state index contributed by atoms with van der Waals surface area (Å²) in [5.74, 6) is 0.917. The van der Waals surface area contributed by atoms with Crippen LogP contribution in [0.1, 0.15) is 30.6 Å². The summed E-state index contributed by atoms with van der Waals surface area (Å²) in [5.41, 5.74) is 1.17. The highest BCUT2D eigenvalue weighted by Crippen LogP contribution is 2.18. The summed E-state index contributed by atoms with van der Waals surface area (Å²) >= 11 is 0. The van der Waals surface area contributed by atoms with E-state index in [-0.39, 0.29) is 0 Å². The van der Waals surface area contributed by atoms with Gasteiger partial charge in [-0.1, -0.05) is 0 Å². The zero-order valence-electron chi connectivity index (χ0n) is 11.4. The summed E-state index contributed by atoms with van der Waals surface area (Å²) in [6.07, 6.45) is 5.56. The molecule has 18 heavy (non-hydrogen) atoms. The van der Waals surface area contributed by atoms with E-state index in [9.17, 15) is 0 Å². The van der Waals surface area contributed by atoms with Gasteiger partial charge in [-0.25, -0.2) is 0 Å². The molecule has 0 bridgehead atoms. The van der Waals surface area contributed by atoms with Crippen molar-refractivity contribution in [3.63, 3.8) is 0 Å². The number of likely N-dealkylation sites (tertiary alicyclic amines) is 1. The largest absolute Gasteiger partial charge is 0.467 e. The molecule has 4 nitrogen and oxygen atoms in total. The van der Waals surface area contributed by atoms with Crippen LogP contribution in [-0.2, 0) is 17.9 Å². The van der Waals surface area contributed by atoms with Crippen molar-refractivity contribution in [1.29, 1.82) is 0 Å². The fourth-order valence-corrected chi connectivity index (χ4v) is 2.53. The van der Waals surface area contributed by atoms with Gasteiger partial charge in [-0.3, -0.25) is 0 Å². The van der Waals surface area contributed by atoms with Gasteiger partial charge in [0.25, 0.3) is 0 Å². The predicted octanol–water partition coefficient (Wildman–Crippen LogP) is 2.00. The SMILES string of the molecule is CNCc1coc(COCCC2CCCN2C)c1. The third-order valence-corrected chi connectivity index (χ3v) is 3.60. The van der Waals surface area contributed by atoms with Crippen LogP contribution in [0.2, 0.25) is 0 Å². The van der Waals surface area contributed by atoms with Gasteiger partial charge in [0.15, 0.2) is 0 Å². The maximum atomic E-state index is 5.68. The van der Waals surface area contributed by atoms with Gasteiger partial charge in [-0.15, -0.1) is 0 Å².